The highest BCUT2D eigenvalue weighted by Gasteiger charge is 2.27. The molecule has 1 atom stereocenters. The van der Waals surface area contributed by atoms with E-state index >= 15 is 0 Å². The molecule has 0 N–H and O–H groups in total. The van der Waals surface area contributed by atoms with Crippen LogP contribution in [0.4, 0.5) is 0 Å². The minimum absolute atomic E-state index is 0.0709. The van der Waals surface area contributed by atoms with Crippen molar-refractivity contribution < 1.29 is 14.0 Å². The van der Waals surface area contributed by atoms with Gasteiger partial charge in [0.2, 0.25) is 0 Å². The van der Waals surface area contributed by atoms with Crippen LogP contribution in [0.15, 0.2) is 0 Å². The molecule has 21 heavy (non-hydrogen) atoms. The molecule has 0 aliphatic heterocycles. The number of ether oxygens (including phenoxy) is 1. The van der Waals surface area contributed by atoms with E-state index in [1.54, 1.807) is 0 Å². The third-order valence-corrected chi connectivity index (χ3v) is 4.25. The molecule has 0 aromatic heterocycles. The van der Waals surface area contributed by atoms with Crippen molar-refractivity contribution in [2.75, 3.05) is 27.7 Å². The summed E-state index contributed by atoms with van der Waals surface area (Å²) in [5.41, 5.74) is 0. The third-order valence-electron chi connectivity index (χ3n) is 4.25. The Bertz CT molecular complexity index is 258. The summed E-state index contributed by atoms with van der Waals surface area (Å²) in [7, 11) is 6.06. The first-order valence-corrected chi connectivity index (χ1v) is 8.87. The molecule has 3 heteroatoms. The van der Waals surface area contributed by atoms with Gasteiger partial charge in [-0.15, -0.1) is 0 Å². The van der Waals surface area contributed by atoms with Gasteiger partial charge in [0.15, 0.2) is 6.04 Å². The zero-order chi connectivity index (χ0) is 16.1. The maximum absolute atomic E-state index is 11.8. The molecule has 0 radical (unpaired) electrons. The van der Waals surface area contributed by atoms with Crippen LogP contribution in [0.1, 0.15) is 78.1 Å². The van der Waals surface area contributed by atoms with Crippen LogP contribution in [-0.2, 0) is 9.53 Å². The SMILES string of the molecule is CCCCCCCCCCCCOC(=O)C(C)[N+](C)(C)C. The lowest BCUT2D eigenvalue weighted by atomic mass is 10.1. The van der Waals surface area contributed by atoms with Gasteiger partial charge in [-0.1, -0.05) is 64.7 Å². The highest BCUT2D eigenvalue weighted by atomic mass is 16.5. The molecule has 0 aliphatic rings. The number of carbonyl (C=O) groups is 1. The first kappa shape index (κ1) is 20.4. The molecular weight excluding hydrogens is 262 g/mol. The number of rotatable bonds is 13. The lowest BCUT2D eigenvalue weighted by Gasteiger charge is -2.29. The molecule has 0 spiro atoms. The van der Waals surface area contributed by atoms with E-state index in [0.29, 0.717) is 11.1 Å². The van der Waals surface area contributed by atoms with E-state index in [1.807, 2.05) is 28.1 Å². The Labute approximate surface area is 132 Å². The van der Waals surface area contributed by atoms with Crippen molar-refractivity contribution in [3.05, 3.63) is 0 Å². The molecule has 0 aliphatic carbocycles. The van der Waals surface area contributed by atoms with Crippen LogP contribution < -0.4 is 0 Å². The molecule has 0 aromatic carbocycles. The van der Waals surface area contributed by atoms with Gasteiger partial charge in [0.05, 0.1) is 27.7 Å². The molecule has 0 saturated carbocycles. The van der Waals surface area contributed by atoms with Crippen LogP contribution in [0, 0.1) is 0 Å². The van der Waals surface area contributed by atoms with Crippen molar-refractivity contribution in [3.63, 3.8) is 0 Å². The summed E-state index contributed by atoms with van der Waals surface area (Å²) >= 11 is 0. The van der Waals surface area contributed by atoms with Crippen molar-refractivity contribution in [2.24, 2.45) is 0 Å². The lowest BCUT2D eigenvalue weighted by Crippen LogP contribution is -2.48. The number of esters is 1. The van der Waals surface area contributed by atoms with Gasteiger partial charge in [-0.05, 0) is 13.3 Å². The Balaban J connectivity index is 3.35. The fourth-order valence-corrected chi connectivity index (χ4v) is 2.20. The third kappa shape index (κ3) is 11.7. The van der Waals surface area contributed by atoms with Gasteiger partial charge in [-0.25, -0.2) is 4.79 Å². The van der Waals surface area contributed by atoms with Gasteiger partial charge in [0.25, 0.3) is 0 Å². The van der Waals surface area contributed by atoms with Crippen molar-refractivity contribution in [3.8, 4) is 0 Å². The van der Waals surface area contributed by atoms with Gasteiger partial charge < -0.3 is 9.22 Å². The van der Waals surface area contributed by atoms with E-state index in [9.17, 15) is 4.79 Å². The van der Waals surface area contributed by atoms with E-state index in [0.717, 1.165) is 6.42 Å². The summed E-state index contributed by atoms with van der Waals surface area (Å²) < 4.78 is 5.97. The number of hydrogen-bond acceptors (Lipinski definition) is 2. The zero-order valence-corrected chi connectivity index (χ0v) is 15.1. The predicted octanol–water partition coefficient (Wildman–Crippen LogP) is 4.55. The van der Waals surface area contributed by atoms with E-state index in [1.165, 1.54) is 57.8 Å². The molecule has 126 valence electrons. The molecule has 3 nitrogen and oxygen atoms in total. The molecule has 0 aromatic rings. The number of hydrogen-bond donors (Lipinski definition) is 0. The Kier molecular flexibility index (Phi) is 11.7. The molecule has 0 heterocycles. The van der Waals surface area contributed by atoms with E-state index in [2.05, 4.69) is 6.92 Å². The standard InChI is InChI=1S/C18H38NO2/c1-6-7-8-9-10-11-12-13-14-15-16-21-18(20)17(2)19(3,4)5/h17H,6-16H2,1-5H3/q+1. The maximum Gasteiger partial charge on any atom is 0.364 e. The van der Waals surface area contributed by atoms with Gasteiger partial charge in [0, 0.05) is 0 Å². The summed E-state index contributed by atoms with van der Waals surface area (Å²) in [6.45, 7) is 4.77. The van der Waals surface area contributed by atoms with Crippen LogP contribution in [0.5, 0.6) is 0 Å². The predicted molar refractivity (Wildman–Crippen MR) is 90.3 cm³/mol. The average Bonchev–Trinajstić information content (AvgIpc) is 2.42. The van der Waals surface area contributed by atoms with Crippen molar-refractivity contribution in [2.45, 2.75) is 84.1 Å². The van der Waals surface area contributed by atoms with Gasteiger partial charge in [-0.3, -0.25) is 0 Å². The molecule has 0 bridgehead atoms. The lowest BCUT2D eigenvalue weighted by molar-refractivity contribution is -0.885. The smallest absolute Gasteiger partial charge is 0.364 e. The first-order valence-electron chi connectivity index (χ1n) is 8.87. The molecule has 0 amide bonds. The van der Waals surface area contributed by atoms with Crippen LogP contribution in [0.25, 0.3) is 0 Å². The molecule has 0 fully saturated rings. The van der Waals surface area contributed by atoms with Crippen LogP contribution in [-0.4, -0.2) is 44.2 Å². The Hall–Kier alpha value is -0.570. The second-order valence-corrected chi connectivity index (χ2v) is 7.14. The summed E-state index contributed by atoms with van der Waals surface area (Å²) in [4.78, 5) is 11.8. The highest BCUT2D eigenvalue weighted by molar-refractivity contribution is 5.73. The normalized spacial score (nSPS) is 13.2. The quantitative estimate of drug-likeness (QED) is 0.283. The summed E-state index contributed by atoms with van der Waals surface area (Å²) in [5, 5.41) is 0. The first-order chi connectivity index (χ1) is 9.89. The number of unbranched alkanes of at least 4 members (excludes halogenated alkanes) is 9. The number of carbonyl (C=O) groups excluding carboxylic acids is 1. The summed E-state index contributed by atoms with van der Waals surface area (Å²) in [6, 6.07) is -0.0897. The minimum Gasteiger partial charge on any atom is -0.461 e. The fourth-order valence-electron chi connectivity index (χ4n) is 2.20. The molecular formula is C18H38NO2+. The summed E-state index contributed by atoms with van der Waals surface area (Å²) in [6.07, 6.45) is 13.0. The Morgan fingerprint density at radius 2 is 1.29 bits per heavy atom. The highest BCUT2D eigenvalue weighted by Crippen LogP contribution is 2.11. The number of nitrogens with zero attached hydrogens (tertiary/aromatic N) is 1. The largest absolute Gasteiger partial charge is 0.461 e. The van der Waals surface area contributed by atoms with Crippen molar-refractivity contribution in [1.29, 1.82) is 0 Å². The fraction of sp³-hybridized carbons (Fsp3) is 0.944. The van der Waals surface area contributed by atoms with Crippen LogP contribution in [0.3, 0.4) is 0 Å². The zero-order valence-electron chi connectivity index (χ0n) is 15.1. The average molecular weight is 301 g/mol. The Morgan fingerprint density at radius 3 is 1.71 bits per heavy atom. The van der Waals surface area contributed by atoms with Gasteiger partial charge >= 0.3 is 5.97 Å². The van der Waals surface area contributed by atoms with E-state index in [4.69, 9.17) is 4.74 Å². The van der Waals surface area contributed by atoms with Crippen molar-refractivity contribution in [1.82, 2.24) is 0 Å². The molecule has 1 unspecified atom stereocenters. The van der Waals surface area contributed by atoms with E-state index in [-0.39, 0.29) is 12.0 Å². The number of quaternary nitrogens is 1. The monoisotopic (exact) mass is 300 g/mol. The molecule has 0 saturated heterocycles. The van der Waals surface area contributed by atoms with Gasteiger partial charge in [-0.2, -0.15) is 0 Å². The maximum atomic E-state index is 11.8. The van der Waals surface area contributed by atoms with E-state index < -0.39 is 0 Å². The summed E-state index contributed by atoms with van der Waals surface area (Å²) in [5.74, 6) is -0.0709. The Morgan fingerprint density at radius 1 is 0.857 bits per heavy atom. The topological polar surface area (TPSA) is 26.3 Å². The van der Waals surface area contributed by atoms with Crippen LogP contribution in [0.2, 0.25) is 0 Å². The minimum atomic E-state index is -0.0897. The number of likely N-dealkylation sites (N-methyl/N-ethyl adjacent to an activating group) is 1. The molecule has 0 rings (SSSR count). The second kappa shape index (κ2) is 12.0. The van der Waals surface area contributed by atoms with Crippen LogP contribution >= 0.6 is 0 Å². The van der Waals surface area contributed by atoms with Gasteiger partial charge in [0.1, 0.15) is 0 Å². The second-order valence-electron chi connectivity index (χ2n) is 7.14. The van der Waals surface area contributed by atoms with Crippen molar-refractivity contribution >= 4 is 5.97 Å².